The van der Waals surface area contributed by atoms with Crippen molar-refractivity contribution in [3.05, 3.63) is 30.3 Å². The van der Waals surface area contributed by atoms with Crippen LogP contribution in [0.25, 0.3) is 0 Å². The first-order valence-electron chi connectivity index (χ1n) is 7.61. The van der Waals surface area contributed by atoms with Crippen LogP contribution >= 0.6 is 0 Å². The van der Waals surface area contributed by atoms with Crippen molar-refractivity contribution in [3.63, 3.8) is 0 Å². The number of carbonyl (C=O) groups is 1. The van der Waals surface area contributed by atoms with E-state index in [-0.39, 0.29) is 5.91 Å². The molecule has 1 fully saturated rings. The lowest BCUT2D eigenvalue weighted by Gasteiger charge is -2.42. The van der Waals surface area contributed by atoms with Gasteiger partial charge < -0.3 is 30.1 Å². The molecule has 7 nitrogen and oxygen atoms in total. The van der Waals surface area contributed by atoms with Crippen LogP contribution in [0.1, 0.15) is 13.3 Å². The van der Waals surface area contributed by atoms with E-state index >= 15 is 0 Å². The summed E-state index contributed by atoms with van der Waals surface area (Å²) in [6, 6.07) is 8.95. The van der Waals surface area contributed by atoms with Crippen molar-refractivity contribution in [1.29, 1.82) is 0 Å². The first kappa shape index (κ1) is 17.7. The van der Waals surface area contributed by atoms with Gasteiger partial charge in [0.15, 0.2) is 0 Å². The largest absolute Gasteiger partial charge is 0.465 e. The molecule has 1 aromatic carbocycles. The molecule has 128 valence electrons. The van der Waals surface area contributed by atoms with E-state index in [0.29, 0.717) is 18.7 Å². The van der Waals surface area contributed by atoms with Crippen LogP contribution in [-0.4, -0.2) is 59.0 Å². The molecule has 1 aliphatic rings. The van der Waals surface area contributed by atoms with Crippen molar-refractivity contribution in [2.75, 3.05) is 13.2 Å². The van der Waals surface area contributed by atoms with Gasteiger partial charge in [-0.05, 0) is 18.6 Å². The Bertz CT molecular complexity index is 497. The molecule has 1 aromatic rings. The fourth-order valence-electron chi connectivity index (χ4n) is 2.61. The Morgan fingerprint density at radius 2 is 1.96 bits per heavy atom. The summed E-state index contributed by atoms with van der Waals surface area (Å²) >= 11 is 0. The second-order valence-electron chi connectivity index (χ2n) is 5.57. The summed E-state index contributed by atoms with van der Waals surface area (Å²) in [6.45, 7) is 1.30. The quantitative estimate of drug-likeness (QED) is 0.569. The fraction of sp³-hybridized carbons (Fsp3) is 0.562. The molecule has 0 radical (unpaired) electrons. The maximum atomic E-state index is 11.0. The van der Waals surface area contributed by atoms with Crippen molar-refractivity contribution < 1.29 is 29.6 Å². The van der Waals surface area contributed by atoms with Gasteiger partial charge in [-0.25, -0.2) is 0 Å². The van der Waals surface area contributed by atoms with Crippen LogP contribution in [0, 0.1) is 5.92 Å². The zero-order valence-corrected chi connectivity index (χ0v) is 13.0. The van der Waals surface area contributed by atoms with E-state index in [1.807, 2.05) is 6.07 Å². The molecule has 1 aliphatic heterocycles. The Labute approximate surface area is 134 Å². The van der Waals surface area contributed by atoms with Crippen LogP contribution in [0.4, 0.5) is 0 Å². The number of benzene rings is 1. The first-order valence-corrected chi connectivity index (χ1v) is 7.61. The normalized spacial score (nSPS) is 30.7. The third-order valence-electron chi connectivity index (χ3n) is 3.86. The van der Waals surface area contributed by atoms with Crippen LogP contribution in [0.3, 0.4) is 0 Å². The molecule has 2 rings (SSSR count). The van der Waals surface area contributed by atoms with E-state index in [1.54, 1.807) is 24.3 Å². The van der Waals surface area contributed by atoms with Gasteiger partial charge in [-0.3, -0.25) is 4.79 Å². The van der Waals surface area contributed by atoms with Gasteiger partial charge in [0, 0.05) is 13.5 Å². The van der Waals surface area contributed by atoms with Gasteiger partial charge in [-0.2, -0.15) is 0 Å². The number of carbonyl (C=O) groups excluding carboxylic acids is 1. The average Bonchev–Trinajstić information content (AvgIpc) is 2.54. The molecular weight excluding hydrogens is 302 g/mol. The smallest absolute Gasteiger partial charge is 0.216 e. The SMILES string of the molecule is CC(=O)NCC[C@@H]1[C@H](Oc2ccccc2)O[C@H](CO)[C@H](O)[C@@H]1O. The topological polar surface area (TPSA) is 108 Å². The lowest BCUT2D eigenvalue weighted by atomic mass is 9.88. The highest BCUT2D eigenvalue weighted by Gasteiger charge is 2.45. The fourth-order valence-corrected chi connectivity index (χ4v) is 2.61. The van der Waals surface area contributed by atoms with Gasteiger partial charge in [-0.15, -0.1) is 0 Å². The highest BCUT2D eigenvalue weighted by atomic mass is 16.7. The maximum Gasteiger partial charge on any atom is 0.216 e. The van der Waals surface area contributed by atoms with E-state index in [9.17, 15) is 20.1 Å². The lowest BCUT2D eigenvalue weighted by Crippen LogP contribution is -2.57. The van der Waals surface area contributed by atoms with E-state index in [2.05, 4.69) is 5.32 Å². The van der Waals surface area contributed by atoms with Crippen LogP contribution < -0.4 is 10.1 Å². The minimum absolute atomic E-state index is 0.175. The molecule has 0 unspecified atom stereocenters. The Balaban J connectivity index is 2.09. The lowest BCUT2D eigenvalue weighted by molar-refractivity contribution is -0.261. The number of para-hydroxylation sites is 1. The van der Waals surface area contributed by atoms with Gasteiger partial charge in [0.1, 0.15) is 18.0 Å². The summed E-state index contributed by atoms with van der Waals surface area (Å²) in [4.78, 5) is 11.0. The van der Waals surface area contributed by atoms with Gasteiger partial charge in [0.05, 0.1) is 18.6 Å². The zero-order valence-electron chi connectivity index (χ0n) is 13.0. The molecule has 0 bridgehead atoms. The Kier molecular flexibility index (Phi) is 6.35. The molecule has 1 saturated heterocycles. The molecule has 0 spiro atoms. The van der Waals surface area contributed by atoms with Gasteiger partial charge in [0.25, 0.3) is 0 Å². The van der Waals surface area contributed by atoms with Crippen molar-refractivity contribution in [3.8, 4) is 5.75 Å². The maximum absolute atomic E-state index is 11.0. The zero-order chi connectivity index (χ0) is 16.8. The third-order valence-corrected chi connectivity index (χ3v) is 3.86. The molecule has 5 atom stereocenters. The van der Waals surface area contributed by atoms with Crippen LogP contribution in [0.2, 0.25) is 0 Å². The molecular formula is C16H23NO6. The highest BCUT2D eigenvalue weighted by Crippen LogP contribution is 2.30. The standard InChI is InChI=1S/C16H23NO6/c1-10(19)17-8-7-12-14(20)15(21)13(9-18)23-16(12)22-11-5-3-2-4-6-11/h2-6,12-16,18,20-21H,7-9H2,1H3,(H,17,19)/t12-,13+,14+,15-,16+/m0/s1. The van der Waals surface area contributed by atoms with Crippen LogP contribution in [-0.2, 0) is 9.53 Å². The second-order valence-corrected chi connectivity index (χ2v) is 5.57. The van der Waals surface area contributed by atoms with Crippen molar-refractivity contribution in [2.24, 2.45) is 5.92 Å². The monoisotopic (exact) mass is 325 g/mol. The highest BCUT2D eigenvalue weighted by molar-refractivity contribution is 5.72. The third kappa shape index (κ3) is 4.65. The minimum atomic E-state index is -1.21. The average molecular weight is 325 g/mol. The molecule has 7 heteroatoms. The Hall–Kier alpha value is -1.67. The Morgan fingerprint density at radius 3 is 2.57 bits per heavy atom. The summed E-state index contributed by atoms with van der Waals surface area (Å²) in [6.07, 6.45) is -3.72. The molecule has 0 aromatic heterocycles. The predicted octanol–water partition coefficient (Wildman–Crippen LogP) is -0.353. The number of rotatable bonds is 6. The summed E-state index contributed by atoms with van der Waals surface area (Å²) in [5, 5.41) is 32.3. The van der Waals surface area contributed by atoms with Crippen molar-refractivity contribution in [2.45, 2.75) is 37.9 Å². The summed E-state index contributed by atoms with van der Waals surface area (Å²) in [5.74, 6) is -0.160. The number of hydrogen-bond acceptors (Lipinski definition) is 6. The number of hydrogen-bond donors (Lipinski definition) is 4. The van der Waals surface area contributed by atoms with Gasteiger partial charge in [-0.1, -0.05) is 18.2 Å². The van der Waals surface area contributed by atoms with Crippen molar-refractivity contribution in [1.82, 2.24) is 5.32 Å². The van der Waals surface area contributed by atoms with Crippen LogP contribution in [0.5, 0.6) is 5.75 Å². The second kappa shape index (κ2) is 8.26. The molecule has 1 amide bonds. The Morgan fingerprint density at radius 1 is 1.26 bits per heavy atom. The van der Waals surface area contributed by atoms with Crippen LogP contribution in [0.15, 0.2) is 30.3 Å². The van der Waals surface area contributed by atoms with Gasteiger partial charge in [0.2, 0.25) is 12.2 Å². The van der Waals surface area contributed by atoms with E-state index in [1.165, 1.54) is 6.92 Å². The number of nitrogens with one attached hydrogen (secondary N) is 1. The number of aliphatic hydroxyl groups is 3. The minimum Gasteiger partial charge on any atom is -0.465 e. The molecule has 0 aliphatic carbocycles. The first-order chi connectivity index (χ1) is 11.0. The summed E-state index contributed by atoms with van der Waals surface area (Å²) in [5.41, 5.74) is 0. The molecule has 1 heterocycles. The predicted molar refractivity (Wildman–Crippen MR) is 81.6 cm³/mol. The van der Waals surface area contributed by atoms with E-state index in [0.717, 1.165) is 0 Å². The number of amides is 1. The number of ether oxygens (including phenoxy) is 2. The molecule has 23 heavy (non-hydrogen) atoms. The molecule has 0 saturated carbocycles. The van der Waals surface area contributed by atoms with Crippen molar-refractivity contribution >= 4 is 5.91 Å². The van der Waals surface area contributed by atoms with E-state index < -0.39 is 37.1 Å². The van der Waals surface area contributed by atoms with E-state index in [4.69, 9.17) is 9.47 Å². The number of aliphatic hydroxyl groups excluding tert-OH is 3. The van der Waals surface area contributed by atoms with Gasteiger partial charge >= 0.3 is 0 Å². The summed E-state index contributed by atoms with van der Waals surface area (Å²) in [7, 11) is 0. The summed E-state index contributed by atoms with van der Waals surface area (Å²) < 4.78 is 11.4. The molecule has 4 N–H and O–H groups in total.